The lowest BCUT2D eigenvalue weighted by atomic mass is 10.0. The maximum atomic E-state index is 13.6. The van der Waals surface area contributed by atoms with Crippen LogP contribution in [0.4, 0.5) is 29.3 Å². The van der Waals surface area contributed by atoms with Crippen molar-refractivity contribution in [3.63, 3.8) is 0 Å². The van der Waals surface area contributed by atoms with Gasteiger partial charge in [0.2, 0.25) is 11.8 Å². The molecule has 3 aromatic carbocycles. The van der Waals surface area contributed by atoms with Gasteiger partial charge in [-0.25, -0.2) is 4.79 Å². The summed E-state index contributed by atoms with van der Waals surface area (Å²) in [5.74, 6) is -0.349. The van der Waals surface area contributed by atoms with Crippen molar-refractivity contribution in [3.8, 4) is 5.75 Å². The summed E-state index contributed by atoms with van der Waals surface area (Å²) >= 11 is 0. The summed E-state index contributed by atoms with van der Waals surface area (Å²) < 4.78 is 47.3. The molecule has 13 heteroatoms. The van der Waals surface area contributed by atoms with E-state index >= 15 is 0 Å². The van der Waals surface area contributed by atoms with E-state index in [9.17, 15) is 32.7 Å². The van der Waals surface area contributed by atoms with Crippen LogP contribution in [0.15, 0.2) is 72.9 Å². The quantitative estimate of drug-likeness (QED) is 0.221. The van der Waals surface area contributed by atoms with Crippen LogP contribution in [0.3, 0.4) is 0 Å². The van der Waals surface area contributed by atoms with Gasteiger partial charge in [-0.2, -0.15) is 13.2 Å². The summed E-state index contributed by atoms with van der Waals surface area (Å²) in [6.45, 7) is 3.68. The van der Waals surface area contributed by atoms with Crippen LogP contribution in [0.5, 0.6) is 5.75 Å². The second-order valence-corrected chi connectivity index (χ2v) is 12.6. The fraction of sp³-hybridized carbons (Fsp3) is 0.361. The Morgan fingerprint density at radius 3 is 2.45 bits per heavy atom. The lowest BCUT2D eigenvalue weighted by Crippen LogP contribution is -2.48. The number of para-hydroxylation sites is 1. The Bertz CT molecular complexity index is 1820. The Labute approximate surface area is 282 Å². The summed E-state index contributed by atoms with van der Waals surface area (Å²) in [7, 11) is 3.47. The third kappa shape index (κ3) is 8.34. The molecule has 260 valence electrons. The molecule has 0 unspecified atom stereocenters. The number of urea groups is 1. The van der Waals surface area contributed by atoms with Crippen molar-refractivity contribution in [1.29, 1.82) is 0 Å². The number of aromatic nitrogens is 1. The number of halogens is 3. The summed E-state index contributed by atoms with van der Waals surface area (Å²) in [5, 5.41) is 16.5. The first-order valence-electron chi connectivity index (χ1n) is 16.0. The van der Waals surface area contributed by atoms with E-state index in [2.05, 4.69) is 10.6 Å². The number of aryl methyl sites for hydroxylation is 1. The van der Waals surface area contributed by atoms with Crippen LogP contribution in [0.1, 0.15) is 30.5 Å². The highest BCUT2D eigenvalue weighted by Crippen LogP contribution is 2.31. The second-order valence-electron chi connectivity index (χ2n) is 12.6. The molecular weight excluding hydrogens is 639 g/mol. The van der Waals surface area contributed by atoms with Crippen molar-refractivity contribution >= 4 is 40.1 Å². The highest BCUT2D eigenvalue weighted by Gasteiger charge is 2.33. The number of nitrogens with one attached hydrogen (secondary N) is 2. The van der Waals surface area contributed by atoms with E-state index in [0.29, 0.717) is 17.0 Å². The zero-order valence-corrected chi connectivity index (χ0v) is 27.8. The first kappa shape index (κ1) is 35.3. The van der Waals surface area contributed by atoms with Crippen molar-refractivity contribution in [2.75, 3.05) is 37.4 Å². The van der Waals surface area contributed by atoms with Gasteiger partial charge in [-0.05, 0) is 61.0 Å². The Hall–Kier alpha value is -5.04. The minimum atomic E-state index is -4.49. The first-order valence-corrected chi connectivity index (χ1v) is 16.0. The largest absolute Gasteiger partial charge is 0.488 e. The minimum Gasteiger partial charge on any atom is -0.488 e. The van der Waals surface area contributed by atoms with Crippen molar-refractivity contribution in [2.45, 2.75) is 45.0 Å². The SMILES string of the molecule is C[C@H]1CN([C@@H](C)CO)C(=O)Cc2cc(NC(=O)Cc3cn(C)c4ccccc34)ccc2O[C@@H]1CN(C)C(=O)Nc1ccc(C(F)(F)F)cc1. The summed E-state index contributed by atoms with van der Waals surface area (Å²) in [4.78, 5) is 42.7. The maximum absolute atomic E-state index is 13.6. The Morgan fingerprint density at radius 2 is 1.76 bits per heavy atom. The predicted molar refractivity (Wildman–Crippen MR) is 180 cm³/mol. The lowest BCUT2D eigenvalue weighted by Gasteiger charge is -2.34. The topological polar surface area (TPSA) is 116 Å². The highest BCUT2D eigenvalue weighted by atomic mass is 19.4. The highest BCUT2D eigenvalue weighted by molar-refractivity contribution is 5.96. The first-order chi connectivity index (χ1) is 23.2. The van der Waals surface area contributed by atoms with Gasteiger partial charge in [0.1, 0.15) is 11.9 Å². The third-order valence-electron chi connectivity index (χ3n) is 8.79. The number of fused-ring (bicyclic) bond motifs is 2. The number of carbonyl (C=O) groups is 3. The molecule has 0 fully saturated rings. The van der Waals surface area contributed by atoms with E-state index < -0.39 is 29.9 Å². The molecule has 0 bridgehead atoms. The van der Waals surface area contributed by atoms with E-state index in [1.807, 2.05) is 49.0 Å². The smallest absolute Gasteiger partial charge is 0.416 e. The number of aliphatic hydroxyl groups is 1. The van der Waals surface area contributed by atoms with Gasteiger partial charge in [-0.15, -0.1) is 0 Å². The molecule has 4 aromatic rings. The van der Waals surface area contributed by atoms with Crippen molar-refractivity contribution in [1.82, 2.24) is 14.4 Å². The van der Waals surface area contributed by atoms with Gasteiger partial charge in [-0.3, -0.25) is 9.59 Å². The Morgan fingerprint density at radius 1 is 1.06 bits per heavy atom. The normalized spacial score (nSPS) is 17.3. The molecule has 10 nitrogen and oxygen atoms in total. The van der Waals surface area contributed by atoms with Crippen LogP contribution in [-0.4, -0.2) is 76.2 Å². The summed E-state index contributed by atoms with van der Waals surface area (Å²) in [5.41, 5.74) is 2.29. The summed E-state index contributed by atoms with van der Waals surface area (Å²) in [6.07, 6.45) is -3.08. The van der Waals surface area contributed by atoms with E-state index in [-0.39, 0.29) is 56.0 Å². The number of amides is 4. The molecule has 1 aromatic heterocycles. The molecule has 1 aliphatic rings. The zero-order chi connectivity index (χ0) is 35.5. The van der Waals surface area contributed by atoms with Gasteiger partial charge in [0, 0.05) is 60.6 Å². The van der Waals surface area contributed by atoms with Crippen molar-refractivity contribution in [3.05, 3.63) is 89.6 Å². The fourth-order valence-corrected chi connectivity index (χ4v) is 5.98. The molecule has 49 heavy (non-hydrogen) atoms. The average Bonchev–Trinajstić information content (AvgIpc) is 3.39. The third-order valence-corrected chi connectivity index (χ3v) is 8.79. The molecule has 0 saturated heterocycles. The van der Waals surface area contributed by atoms with Gasteiger partial charge in [-0.1, -0.05) is 25.1 Å². The molecule has 1 aliphatic heterocycles. The van der Waals surface area contributed by atoms with Crippen LogP contribution in [-0.2, 0) is 35.7 Å². The van der Waals surface area contributed by atoms with E-state index in [1.54, 1.807) is 30.0 Å². The number of alkyl halides is 3. The van der Waals surface area contributed by atoms with Crippen LogP contribution < -0.4 is 15.4 Å². The van der Waals surface area contributed by atoms with Gasteiger partial charge in [0.15, 0.2) is 0 Å². The molecule has 3 atom stereocenters. The molecule has 4 amide bonds. The molecule has 0 radical (unpaired) electrons. The number of nitrogens with zero attached hydrogens (tertiary/aromatic N) is 3. The molecule has 0 saturated carbocycles. The number of aliphatic hydroxyl groups excluding tert-OH is 1. The van der Waals surface area contributed by atoms with Crippen LogP contribution in [0, 0.1) is 5.92 Å². The molecule has 3 N–H and O–H groups in total. The van der Waals surface area contributed by atoms with Crippen molar-refractivity contribution in [2.24, 2.45) is 13.0 Å². The number of anilines is 2. The monoisotopic (exact) mass is 679 g/mol. The number of likely N-dealkylation sites (N-methyl/N-ethyl adjacent to an activating group) is 1. The van der Waals surface area contributed by atoms with Gasteiger partial charge < -0.3 is 34.8 Å². The number of benzene rings is 3. The van der Waals surface area contributed by atoms with Gasteiger partial charge >= 0.3 is 12.2 Å². The zero-order valence-electron chi connectivity index (χ0n) is 27.8. The number of ether oxygens (including phenoxy) is 1. The predicted octanol–water partition coefficient (Wildman–Crippen LogP) is 5.69. The molecule has 2 heterocycles. The molecule has 0 spiro atoms. The van der Waals surface area contributed by atoms with Gasteiger partial charge in [0.25, 0.3) is 0 Å². The molecular formula is C36H40F3N5O5. The van der Waals surface area contributed by atoms with E-state index in [1.165, 1.54) is 24.1 Å². The van der Waals surface area contributed by atoms with Crippen LogP contribution >= 0.6 is 0 Å². The lowest BCUT2D eigenvalue weighted by molar-refractivity contribution is -0.137. The molecule has 5 rings (SSSR count). The van der Waals surface area contributed by atoms with Crippen LogP contribution in [0.25, 0.3) is 10.9 Å². The Kier molecular flexibility index (Phi) is 10.5. The molecule has 0 aliphatic carbocycles. The number of hydrogen-bond acceptors (Lipinski definition) is 5. The maximum Gasteiger partial charge on any atom is 0.416 e. The minimum absolute atomic E-state index is 0.0452. The number of rotatable bonds is 8. The van der Waals surface area contributed by atoms with E-state index in [0.717, 1.165) is 28.6 Å². The summed E-state index contributed by atoms with van der Waals surface area (Å²) in [6, 6.07) is 16.0. The Balaban J connectivity index is 1.34. The van der Waals surface area contributed by atoms with Gasteiger partial charge in [0.05, 0.1) is 37.6 Å². The number of carbonyl (C=O) groups excluding carboxylic acids is 3. The van der Waals surface area contributed by atoms with E-state index in [4.69, 9.17) is 4.74 Å². The average molecular weight is 680 g/mol. The van der Waals surface area contributed by atoms with Crippen molar-refractivity contribution < 1.29 is 37.4 Å². The second kappa shape index (κ2) is 14.6. The number of hydrogen-bond donors (Lipinski definition) is 3. The standard InChI is InChI=1S/C36H40F3N5O5/c1-22-18-44(23(2)21-45)34(47)17-24-15-28(40-33(46)16-25-19-42(3)30-8-6-5-7-29(25)30)13-14-31(24)49-32(22)20-43(4)35(48)41-27-11-9-26(10-12-27)36(37,38)39/h5-15,19,22-23,32,45H,16-18,20-21H2,1-4H3,(H,40,46)(H,41,48)/t22-,23-,32+/m0/s1. The van der Waals surface area contributed by atoms with Crippen LogP contribution in [0.2, 0.25) is 0 Å². The fourth-order valence-electron chi connectivity index (χ4n) is 5.98.